The average Bonchev–Trinajstić information content (AvgIpc) is 2.73. The van der Waals surface area contributed by atoms with E-state index in [4.69, 9.17) is 5.73 Å². The van der Waals surface area contributed by atoms with E-state index in [1.165, 1.54) is 0 Å². The Morgan fingerprint density at radius 3 is 2.68 bits per heavy atom. The Hall–Kier alpha value is -2.75. The number of carbonyl (C=O) groups is 1. The molecule has 4 heteroatoms. The fourth-order valence-electron chi connectivity index (χ4n) is 2.04. The van der Waals surface area contributed by atoms with E-state index < -0.39 is 0 Å². The molecule has 0 saturated carbocycles. The van der Waals surface area contributed by atoms with Crippen LogP contribution in [0.4, 0.5) is 17.1 Å². The molecule has 4 N–H and O–H groups in total. The standard InChI is InChI=1S/C15H13N3O/c16-10-6-7-14-12(8-10)13(15(19)18-14)9-17-11-4-2-1-3-5-11/h1-9,17H,16H2,(H,18,19)/b13-9-. The van der Waals surface area contributed by atoms with Crippen LogP contribution >= 0.6 is 0 Å². The number of nitrogen functional groups attached to an aromatic ring is 1. The Kier molecular flexibility index (Phi) is 2.68. The van der Waals surface area contributed by atoms with Crippen molar-refractivity contribution in [3.05, 3.63) is 60.3 Å². The number of nitrogens with one attached hydrogen (secondary N) is 2. The number of anilines is 3. The third-order valence-corrected chi connectivity index (χ3v) is 2.98. The molecule has 1 heterocycles. The van der Waals surface area contributed by atoms with Gasteiger partial charge in [-0.15, -0.1) is 0 Å². The van der Waals surface area contributed by atoms with Crippen LogP contribution in [-0.4, -0.2) is 5.91 Å². The summed E-state index contributed by atoms with van der Waals surface area (Å²) in [7, 11) is 0. The van der Waals surface area contributed by atoms with Gasteiger partial charge >= 0.3 is 0 Å². The highest BCUT2D eigenvalue weighted by atomic mass is 16.2. The van der Waals surface area contributed by atoms with Crippen LogP contribution in [0.1, 0.15) is 5.56 Å². The molecule has 1 aliphatic rings. The van der Waals surface area contributed by atoms with E-state index in [1.807, 2.05) is 36.4 Å². The summed E-state index contributed by atoms with van der Waals surface area (Å²) in [4.78, 5) is 11.9. The lowest BCUT2D eigenvalue weighted by molar-refractivity contribution is -0.110. The molecule has 0 spiro atoms. The molecule has 0 radical (unpaired) electrons. The van der Waals surface area contributed by atoms with Crippen LogP contribution in [0.15, 0.2) is 54.7 Å². The molecule has 0 aliphatic carbocycles. The van der Waals surface area contributed by atoms with Gasteiger partial charge in [0.1, 0.15) is 0 Å². The summed E-state index contributed by atoms with van der Waals surface area (Å²) in [6, 6.07) is 15.1. The Labute approximate surface area is 110 Å². The van der Waals surface area contributed by atoms with Crippen molar-refractivity contribution in [3.63, 3.8) is 0 Å². The molecule has 2 aromatic rings. The summed E-state index contributed by atoms with van der Waals surface area (Å²) in [5, 5.41) is 5.92. The van der Waals surface area contributed by atoms with Crippen LogP contribution in [0.3, 0.4) is 0 Å². The zero-order chi connectivity index (χ0) is 13.2. The van der Waals surface area contributed by atoms with E-state index in [9.17, 15) is 4.79 Å². The Morgan fingerprint density at radius 2 is 1.89 bits per heavy atom. The quantitative estimate of drug-likeness (QED) is 0.568. The van der Waals surface area contributed by atoms with Gasteiger partial charge in [0, 0.05) is 28.8 Å². The van der Waals surface area contributed by atoms with Crippen LogP contribution in [0, 0.1) is 0 Å². The lowest BCUT2D eigenvalue weighted by Crippen LogP contribution is -2.05. The Morgan fingerprint density at radius 1 is 1.11 bits per heavy atom. The van der Waals surface area contributed by atoms with E-state index >= 15 is 0 Å². The van der Waals surface area contributed by atoms with Gasteiger partial charge in [-0.05, 0) is 30.3 Å². The fourth-order valence-corrected chi connectivity index (χ4v) is 2.04. The van der Waals surface area contributed by atoms with Gasteiger partial charge in [-0.3, -0.25) is 4.79 Å². The number of amides is 1. The van der Waals surface area contributed by atoms with E-state index in [2.05, 4.69) is 10.6 Å². The van der Waals surface area contributed by atoms with Gasteiger partial charge in [0.2, 0.25) is 0 Å². The molecule has 1 amide bonds. The van der Waals surface area contributed by atoms with Crippen molar-refractivity contribution < 1.29 is 4.79 Å². The van der Waals surface area contributed by atoms with Crippen LogP contribution in [0.2, 0.25) is 0 Å². The number of hydrogen-bond acceptors (Lipinski definition) is 3. The minimum atomic E-state index is -0.121. The monoisotopic (exact) mass is 251 g/mol. The van der Waals surface area contributed by atoms with Crippen molar-refractivity contribution >= 4 is 28.5 Å². The predicted octanol–water partition coefficient (Wildman–Crippen LogP) is 2.67. The van der Waals surface area contributed by atoms with Gasteiger partial charge in [-0.1, -0.05) is 18.2 Å². The summed E-state index contributed by atoms with van der Waals surface area (Å²) >= 11 is 0. The molecule has 94 valence electrons. The molecule has 0 atom stereocenters. The average molecular weight is 251 g/mol. The number of para-hydroxylation sites is 1. The fraction of sp³-hybridized carbons (Fsp3) is 0. The van der Waals surface area contributed by atoms with Crippen molar-refractivity contribution in [1.82, 2.24) is 0 Å². The number of fused-ring (bicyclic) bond motifs is 1. The van der Waals surface area contributed by atoms with Crippen LogP contribution in [0.25, 0.3) is 5.57 Å². The van der Waals surface area contributed by atoms with Gasteiger partial charge in [0.05, 0.1) is 5.57 Å². The van der Waals surface area contributed by atoms with Crippen LogP contribution in [0.5, 0.6) is 0 Å². The van der Waals surface area contributed by atoms with Gasteiger partial charge in [0.25, 0.3) is 5.91 Å². The first kappa shape index (κ1) is 11.3. The van der Waals surface area contributed by atoms with Gasteiger partial charge in [-0.2, -0.15) is 0 Å². The second-order valence-electron chi connectivity index (χ2n) is 4.33. The summed E-state index contributed by atoms with van der Waals surface area (Å²) < 4.78 is 0. The first-order chi connectivity index (χ1) is 9.24. The topological polar surface area (TPSA) is 67.1 Å². The van der Waals surface area contributed by atoms with Gasteiger partial charge < -0.3 is 16.4 Å². The van der Waals surface area contributed by atoms with Crippen molar-refractivity contribution in [3.8, 4) is 0 Å². The van der Waals surface area contributed by atoms with Crippen molar-refractivity contribution in [1.29, 1.82) is 0 Å². The van der Waals surface area contributed by atoms with E-state index in [1.54, 1.807) is 18.3 Å². The Balaban J connectivity index is 1.93. The van der Waals surface area contributed by atoms with Crippen molar-refractivity contribution in [2.24, 2.45) is 0 Å². The summed E-state index contributed by atoms with van der Waals surface area (Å²) in [6.07, 6.45) is 1.70. The molecule has 0 unspecified atom stereocenters. The lowest BCUT2D eigenvalue weighted by Gasteiger charge is -2.02. The van der Waals surface area contributed by atoms with Gasteiger partial charge in [-0.25, -0.2) is 0 Å². The third-order valence-electron chi connectivity index (χ3n) is 2.98. The maximum Gasteiger partial charge on any atom is 0.257 e. The molecular formula is C15H13N3O. The second kappa shape index (κ2) is 4.49. The van der Waals surface area contributed by atoms with E-state index in [-0.39, 0.29) is 5.91 Å². The molecule has 0 aromatic heterocycles. The molecule has 1 aliphatic heterocycles. The Bertz CT molecular complexity index is 662. The summed E-state index contributed by atoms with van der Waals surface area (Å²) in [6.45, 7) is 0. The highest BCUT2D eigenvalue weighted by molar-refractivity contribution is 6.31. The van der Waals surface area contributed by atoms with Gasteiger partial charge in [0.15, 0.2) is 0 Å². The normalized spacial score (nSPS) is 15.2. The van der Waals surface area contributed by atoms with Crippen LogP contribution in [-0.2, 0) is 4.79 Å². The van der Waals surface area contributed by atoms with Crippen LogP contribution < -0.4 is 16.4 Å². The molecule has 2 aromatic carbocycles. The third kappa shape index (κ3) is 2.15. The number of benzene rings is 2. The molecule has 0 saturated heterocycles. The molecular weight excluding hydrogens is 238 g/mol. The number of hydrogen-bond donors (Lipinski definition) is 3. The van der Waals surface area contributed by atoms with E-state index in [0.717, 1.165) is 16.9 Å². The zero-order valence-corrected chi connectivity index (χ0v) is 10.2. The first-order valence-electron chi connectivity index (χ1n) is 5.97. The maximum absolute atomic E-state index is 11.9. The first-order valence-corrected chi connectivity index (χ1v) is 5.97. The molecule has 0 fully saturated rings. The zero-order valence-electron chi connectivity index (χ0n) is 10.2. The van der Waals surface area contributed by atoms with E-state index in [0.29, 0.717) is 11.3 Å². The number of nitrogens with two attached hydrogens (primary N) is 1. The molecule has 3 rings (SSSR count). The largest absolute Gasteiger partial charge is 0.399 e. The minimum absolute atomic E-state index is 0.121. The summed E-state index contributed by atoms with van der Waals surface area (Å²) in [5.41, 5.74) is 9.54. The lowest BCUT2D eigenvalue weighted by atomic mass is 10.1. The SMILES string of the molecule is Nc1ccc2c(c1)/C(=C/Nc1ccccc1)C(=O)N2. The number of rotatable bonds is 2. The van der Waals surface area contributed by atoms with Crippen molar-refractivity contribution in [2.45, 2.75) is 0 Å². The number of carbonyl (C=O) groups excluding carboxylic acids is 1. The molecule has 4 nitrogen and oxygen atoms in total. The second-order valence-corrected chi connectivity index (χ2v) is 4.33. The summed E-state index contributed by atoms with van der Waals surface area (Å²) in [5.74, 6) is -0.121. The minimum Gasteiger partial charge on any atom is -0.399 e. The predicted molar refractivity (Wildman–Crippen MR) is 77.5 cm³/mol. The van der Waals surface area contributed by atoms with Crippen molar-refractivity contribution in [2.75, 3.05) is 16.4 Å². The smallest absolute Gasteiger partial charge is 0.257 e. The highest BCUT2D eigenvalue weighted by Crippen LogP contribution is 2.32. The highest BCUT2D eigenvalue weighted by Gasteiger charge is 2.23. The maximum atomic E-state index is 11.9. The molecule has 0 bridgehead atoms. The molecule has 19 heavy (non-hydrogen) atoms.